The van der Waals surface area contributed by atoms with Crippen LogP contribution in [-0.2, 0) is 4.79 Å². The topological polar surface area (TPSA) is 125 Å². The second kappa shape index (κ2) is 8.28. The molecule has 0 aromatic carbocycles. The van der Waals surface area contributed by atoms with Gasteiger partial charge in [-0.15, -0.1) is 11.3 Å². The lowest BCUT2D eigenvalue weighted by molar-refractivity contribution is -0.120. The van der Waals surface area contributed by atoms with E-state index in [-0.39, 0.29) is 17.7 Å². The van der Waals surface area contributed by atoms with Crippen LogP contribution in [0.2, 0.25) is 0 Å². The van der Waals surface area contributed by atoms with Crippen LogP contribution in [-0.4, -0.2) is 45.1 Å². The number of rotatable bonds is 5. The minimum Gasteiger partial charge on any atom is -0.324 e. The van der Waals surface area contributed by atoms with Gasteiger partial charge in [-0.3, -0.25) is 14.7 Å². The fourth-order valence-corrected chi connectivity index (χ4v) is 3.69. The number of thiazole rings is 1. The summed E-state index contributed by atoms with van der Waals surface area (Å²) in [5.74, 6) is -0.000500. The molecule has 1 fully saturated rings. The standard InChI is InChI=1S/C18H19N7O2S/c26-16(11-2-1-6-19-8-11)22-12-3-4-15(20-9-12)24-17(27)14-10-28-18(23-14)13-5-7-21-25-13/h3-5,7,9-11,19H,1-2,6,8H2,(H,21,25)(H,22,26)(H,20,24,27)/t11-/m0/s1. The van der Waals surface area contributed by atoms with Gasteiger partial charge < -0.3 is 16.0 Å². The van der Waals surface area contributed by atoms with Crippen molar-refractivity contribution in [3.63, 3.8) is 0 Å². The van der Waals surface area contributed by atoms with Crippen LogP contribution in [0.25, 0.3) is 10.7 Å². The quantitative estimate of drug-likeness (QED) is 0.523. The number of nitrogens with zero attached hydrogens (tertiary/aromatic N) is 3. The zero-order chi connectivity index (χ0) is 19.3. The summed E-state index contributed by atoms with van der Waals surface area (Å²) in [6.45, 7) is 1.66. The first-order chi connectivity index (χ1) is 13.7. The van der Waals surface area contributed by atoms with Gasteiger partial charge in [-0.2, -0.15) is 5.10 Å². The molecule has 0 bridgehead atoms. The molecule has 0 unspecified atom stereocenters. The summed E-state index contributed by atoms with van der Waals surface area (Å²) in [5.41, 5.74) is 1.66. The Balaban J connectivity index is 1.35. The number of hydrogen-bond donors (Lipinski definition) is 4. The van der Waals surface area contributed by atoms with E-state index in [9.17, 15) is 9.59 Å². The van der Waals surface area contributed by atoms with Crippen molar-refractivity contribution in [2.45, 2.75) is 12.8 Å². The van der Waals surface area contributed by atoms with Gasteiger partial charge in [-0.05, 0) is 37.6 Å². The van der Waals surface area contributed by atoms with Gasteiger partial charge in [0.25, 0.3) is 5.91 Å². The van der Waals surface area contributed by atoms with Gasteiger partial charge in [-0.1, -0.05) is 0 Å². The van der Waals surface area contributed by atoms with E-state index in [2.05, 4.69) is 36.1 Å². The van der Waals surface area contributed by atoms with Crippen molar-refractivity contribution < 1.29 is 9.59 Å². The molecular weight excluding hydrogens is 378 g/mol. The van der Waals surface area contributed by atoms with Crippen LogP contribution >= 0.6 is 11.3 Å². The molecule has 4 rings (SSSR count). The van der Waals surface area contributed by atoms with Crippen molar-refractivity contribution in [3.05, 3.63) is 41.7 Å². The zero-order valence-corrected chi connectivity index (χ0v) is 15.8. The number of carbonyl (C=O) groups excluding carboxylic acids is 2. The SMILES string of the molecule is O=C(Nc1ccc(NC(=O)[C@H]2CCCNC2)cn1)c1csc(-c2ccn[nH]2)n1. The predicted octanol–water partition coefficient (Wildman–Crippen LogP) is 2.12. The van der Waals surface area contributed by atoms with E-state index in [1.54, 1.807) is 29.8 Å². The van der Waals surface area contributed by atoms with Gasteiger partial charge in [0.05, 0.1) is 23.5 Å². The van der Waals surface area contributed by atoms with Crippen LogP contribution in [0.5, 0.6) is 0 Å². The van der Waals surface area contributed by atoms with Crippen molar-refractivity contribution in [2.75, 3.05) is 23.7 Å². The highest BCUT2D eigenvalue weighted by Crippen LogP contribution is 2.22. The molecule has 0 saturated carbocycles. The van der Waals surface area contributed by atoms with Crippen LogP contribution in [0, 0.1) is 5.92 Å². The van der Waals surface area contributed by atoms with Gasteiger partial charge in [0.2, 0.25) is 5.91 Å². The lowest BCUT2D eigenvalue weighted by Gasteiger charge is -2.21. The molecule has 2 amide bonds. The molecule has 1 saturated heterocycles. The third kappa shape index (κ3) is 4.24. The number of amides is 2. The van der Waals surface area contributed by atoms with Gasteiger partial charge >= 0.3 is 0 Å². The molecule has 144 valence electrons. The average Bonchev–Trinajstić information content (AvgIpc) is 3.42. The van der Waals surface area contributed by atoms with Crippen LogP contribution in [0.15, 0.2) is 36.0 Å². The van der Waals surface area contributed by atoms with E-state index in [0.29, 0.717) is 28.8 Å². The second-order valence-corrected chi connectivity index (χ2v) is 7.29. The Morgan fingerprint density at radius 1 is 1.21 bits per heavy atom. The molecule has 0 spiro atoms. The number of anilines is 2. The van der Waals surface area contributed by atoms with Crippen molar-refractivity contribution in [2.24, 2.45) is 5.92 Å². The van der Waals surface area contributed by atoms with E-state index >= 15 is 0 Å². The number of pyridine rings is 1. The van der Waals surface area contributed by atoms with Crippen LogP contribution in [0.3, 0.4) is 0 Å². The summed E-state index contributed by atoms with van der Waals surface area (Å²) in [5, 5.41) is 17.9. The zero-order valence-electron chi connectivity index (χ0n) is 14.9. The Kier molecular flexibility index (Phi) is 5.40. The monoisotopic (exact) mass is 397 g/mol. The summed E-state index contributed by atoms with van der Waals surface area (Å²) in [7, 11) is 0. The molecule has 9 nitrogen and oxygen atoms in total. The Labute approximate surface area is 165 Å². The lowest BCUT2D eigenvalue weighted by atomic mass is 9.99. The summed E-state index contributed by atoms with van der Waals surface area (Å²) >= 11 is 1.35. The Morgan fingerprint density at radius 2 is 2.14 bits per heavy atom. The minimum atomic E-state index is -0.348. The maximum absolute atomic E-state index is 12.4. The number of aromatic amines is 1. The smallest absolute Gasteiger partial charge is 0.276 e. The highest BCUT2D eigenvalue weighted by molar-refractivity contribution is 7.13. The number of aromatic nitrogens is 4. The highest BCUT2D eigenvalue weighted by atomic mass is 32.1. The number of carbonyl (C=O) groups is 2. The first-order valence-electron chi connectivity index (χ1n) is 8.93. The van der Waals surface area contributed by atoms with Crippen molar-refractivity contribution in [1.29, 1.82) is 0 Å². The molecule has 1 aliphatic rings. The van der Waals surface area contributed by atoms with E-state index in [1.807, 2.05) is 0 Å². The number of nitrogens with one attached hydrogen (secondary N) is 4. The van der Waals surface area contributed by atoms with Crippen LogP contribution in [0.4, 0.5) is 11.5 Å². The number of H-pyrrole nitrogens is 1. The molecule has 28 heavy (non-hydrogen) atoms. The Hall–Kier alpha value is -3.11. The largest absolute Gasteiger partial charge is 0.324 e. The van der Waals surface area contributed by atoms with Gasteiger partial charge in [0.15, 0.2) is 0 Å². The first-order valence-corrected chi connectivity index (χ1v) is 9.81. The van der Waals surface area contributed by atoms with Crippen molar-refractivity contribution >= 4 is 34.7 Å². The Morgan fingerprint density at radius 3 is 2.86 bits per heavy atom. The van der Waals surface area contributed by atoms with Crippen LogP contribution in [0.1, 0.15) is 23.3 Å². The summed E-state index contributed by atoms with van der Waals surface area (Å²) in [4.78, 5) is 33.1. The van der Waals surface area contributed by atoms with E-state index in [1.165, 1.54) is 17.5 Å². The Bertz CT molecular complexity index is 947. The summed E-state index contributed by atoms with van der Waals surface area (Å²) in [6.07, 6.45) is 5.04. The molecule has 10 heteroatoms. The summed E-state index contributed by atoms with van der Waals surface area (Å²) in [6, 6.07) is 5.15. The average molecular weight is 397 g/mol. The molecule has 0 radical (unpaired) electrons. The molecule has 1 atom stereocenters. The van der Waals surface area contributed by atoms with Crippen molar-refractivity contribution in [1.82, 2.24) is 25.5 Å². The summed E-state index contributed by atoms with van der Waals surface area (Å²) < 4.78 is 0. The van der Waals surface area contributed by atoms with Gasteiger partial charge in [0, 0.05) is 18.1 Å². The van der Waals surface area contributed by atoms with E-state index in [0.717, 1.165) is 25.1 Å². The number of piperidine rings is 1. The normalized spacial score (nSPS) is 16.5. The van der Waals surface area contributed by atoms with E-state index in [4.69, 9.17) is 0 Å². The molecule has 4 heterocycles. The molecule has 3 aromatic heterocycles. The molecule has 1 aliphatic heterocycles. The van der Waals surface area contributed by atoms with Gasteiger partial charge in [-0.25, -0.2) is 9.97 Å². The molecular formula is C18H19N7O2S. The third-order valence-electron chi connectivity index (χ3n) is 4.41. The molecule has 0 aliphatic carbocycles. The third-order valence-corrected chi connectivity index (χ3v) is 5.28. The lowest BCUT2D eigenvalue weighted by Crippen LogP contribution is -2.37. The van der Waals surface area contributed by atoms with Gasteiger partial charge in [0.1, 0.15) is 16.5 Å². The predicted molar refractivity (Wildman–Crippen MR) is 106 cm³/mol. The van der Waals surface area contributed by atoms with E-state index < -0.39 is 0 Å². The fraction of sp³-hybridized carbons (Fsp3) is 0.278. The molecule has 3 aromatic rings. The first kappa shape index (κ1) is 18.3. The maximum atomic E-state index is 12.4. The minimum absolute atomic E-state index is 0.0143. The maximum Gasteiger partial charge on any atom is 0.276 e. The molecule has 4 N–H and O–H groups in total. The second-order valence-electron chi connectivity index (χ2n) is 6.43. The van der Waals surface area contributed by atoms with Crippen LogP contribution < -0.4 is 16.0 Å². The fourth-order valence-electron chi connectivity index (χ4n) is 2.92. The number of hydrogen-bond acceptors (Lipinski definition) is 7. The van der Waals surface area contributed by atoms with Crippen molar-refractivity contribution in [3.8, 4) is 10.7 Å². The highest BCUT2D eigenvalue weighted by Gasteiger charge is 2.21.